The van der Waals surface area contributed by atoms with Crippen LogP contribution in [0, 0.1) is 0 Å². The van der Waals surface area contributed by atoms with Crippen LogP contribution in [0.4, 0.5) is 0 Å². The fourth-order valence-corrected chi connectivity index (χ4v) is 8.43. The number of rotatable bonds is 4. The molecule has 3 heterocycles. The van der Waals surface area contributed by atoms with E-state index in [-0.39, 0.29) is 0 Å². The number of hydrogen-bond donors (Lipinski definition) is 0. The van der Waals surface area contributed by atoms with Gasteiger partial charge in [0.1, 0.15) is 0 Å². The molecule has 0 bridgehead atoms. The van der Waals surface area contributed by atoms with Crippen LogP contribution in [-0.4, -0.2) is 13.7 Å². The van der Waals surface area contributed by atoms with Gasteiger partial charge >= 0.3 is 0 Å². The van der Waals surface area contributed by atoms with Crippen LogP contribution < -0.4 is 0 Å². The summed E-state index contributed by atoms with van der Waals surface area (Å²) in [6.07, 6.45) is 0. The van der Waals surface area contributed by atoms with Crippen molar-refractivity contribution in [1.29, 1.82) is 0 Å². The Kier molecular flexibility index (Phi) is 5.96. The van der Waals surface area contributed by atoms with E-state index in [2.05, 4.69) is 202 Å². The van der Waals surface area contributed by atoms with Gasteiger partial charge in [-0.3, -0.25) is 0 Å². The summed E-state index contributed by atoms with van der Waals surface area (Å²) in [5.41, 5.74) is 13.0. The Balaban J connectivity index is 1.21. The van der Waals surface area contributed by atoms with E-state index in [1.165, 1.54) is 76.5 Å². The van der Waals surface area contributed by atoms with Gasteiger partial charge < -0.3 is 13.7 Å². The van der Waals surface area contributed by atoms with Gasteiger partial charge in [0, 0.05) is 49.4 Å². The molecule has 0 radical (unpaired) electrons. The zero-order valence-electron chi connectivity index (χ0n) is 27.7. The van der Waals surface area contributed by atoms with Crippen molar-refractivity contribution >= 4 is 65.4 Å². The maximum absolute atomic E-state index is 2.45. The first kappa shape index (κ1) is 28.0. The predicted molar refractivity (Wildman–Crippen MR) is 215 cm³/mol. The van der Waals surface area contributed by atoms with Gasteiger partial charge in [-0.2, -0.15) is 0 Å². The topological polar surface area (TPSA) is 14.8 Å². The molecule has 238 valence electrons. The maximum Gasteiger partial charge on any atom is 0.0542 e. The van der Waals surface area contributed by atoms with E-state index in [0.29, 0.717) is 0 Å². The van der Waals surface area contributed by atoms with E-state index in [1.807, 2.05) is 0 Å². The third-order valence-corrected chi connectivity index (χ3v) is 10.6. The summed E-state index contributed by atoms with van der Waals surface area (Å²) in [6.45, 7) is 0. The van der Waals surface area contributed by atoms with E-state index < -0.39 is 0 Å². The molecule has 11 rings (SSSR count). The van der Waals surface area contributed by atoms with E-state index in [9.17, 15) is 0 Å². The summed E-state index contributed by atoms with van der Waals surface area (Å²) < 4.78 is 7.28. The summed E-state index contributed by atoms with van der Waals surface area (Å²) in [7, 11) is 0. The normalized spacial score (nSPS) is 11.9. The minimum absolute atomic E-state index is 1.13. The zero-order chi connectivity index (χ0) is 33.5. The van der Waals surface area contributed by atoms with E-state index in [0.717, 1.165) is 17.1 Å². The van der Waals surface area contributed by atoms with Crippen molar-refractivity contribution < 1.29 is 0 Å². The fraction of sp³-hybridized carbons (Fsp3) is 0. The van der Waals surface area contributed by atoms with Crippen molar-refractivity contribution in [3.8, 4) is 28.2 Å². The minimum atomic E-state index is 1.13. The maximum atomic E-state index is 2.45. The van der Waals surface area contributed by atoms with E-state index in [1.54, 1.807) is 0 Å². The molecule has 0 unspecified atom stereocenters. The second kappa shape index (κ2) is 10.8. The van der Waals surface area contributed by atoms with Gasteiger partial charge in [-0.25, -0.2) is 0 Å². The molecule has 0 fully saturated rings. The summed E-state index contributed by atoms with van der Waals surface area (Å²) >= 11 is 0. The average Bonchev–Trinajstić information content (AvgIpc) is 3.84. The van der Waals surface area contributed by atoms with Gasteiger partial charge in [0.2, 0.25) is 0 Å². The van der Waals surface area contributed by atoms with Crippen LogP contribution in [0.1, 0.15) is 0 Å². The number of hydrogen-bond acceptors (Lipinski definition) is 0. The standard InChI is InChI=1S/C48H31N3/c1-2-14-32(15-3-1)33-28-35(50-45-23-11-6-18-39(45)40-19-7-12-24-46(40)50)30-36(29-33)51-47-25-13-8-20-41(47)42-31-34(26-27-48(42)51)49-43-21-9-4-16-37(43)38-17-5-10-22-44(38)49/h1-31H. The monoisotopic (exact) mass is 649 g/mol. The first-order valence-electron chi connectivity index (χ1n) is 17.5. The summed E-state index contributed by atoms with van der Waals surface area (Å²) in [5.74, 6) is 0. The Hall–Kier alpha value is -6.84. The number of fused-ring (bicyclic) bond motifs is 9. The lowest BCUT2D eigenvalue weighted by Gasteiger charge is -2.16. The average molecular weight is 650 g/mol. The molecular weight excluding hydrogens is 619 g/mol. The molecule has 3 nitrogen and oxygen atoms in total. The lowest BCUT2D eigenvalue weighted by atomic mass is 10.0. The van der Waals surface area contributed by atoms with Gasteiger partial charge in [0.25, 0.3) is 0 Å². The Bertz CT molecular complexity index is 3030. The first-order valence-corrected chi connectivity index (χ1v) is 17.5. The fourth-order valence-electron chi connectivity index (χ4n) is 8.43. The third-order valence-electron chi connectivity index (χ3n) is 10.6. The van der Waals surface area contributed by atoms with E-state index >= 15 is 0 Å². The predicted octanol–water partition coefficient (Wildman–Crippen LogP) is 12.6. The second-order valence-electron chi connectivity index (χ2n) is 13.4. The molecule has 0 amide bonds. The molecule has 3 aromatic heterocycles. The molecule has 0 aliphatic carbocycles. The van der Waals surface area contributed by atoms with Crippen molar-refractivity contribution in [2.45, 2.75) is 0 Å². The van der Waals surface area contributed by atoms with Crippen molar-refractivity contribution in [2.75, 3.05) is 0 Å². The lowest BCUT2D eigenvalue weighted by molar-refractivity contribution is 1.13. The number of aromatic nitrogens is 3. The zero-order valence-corrected chi connectivity index (χ0v) is 27.7. The van der Waals surface area contributed by atoms with E-state index in [4.69, 9.17) is 0 Å². The molecule has 11 aromatic rings. The van der Waals surface area contributed by atoms with Crippen LogP contribution in [0.3, 0.4) is 0 Å². The molecule has 8 aromatic carbocycles. The summed E-state index contributed by atoms with van der Waals surface area (Å²) in [5, 5.41) is 7.52. The van der Waals surface area contributed by atoms with Crippen LogP contribution in [0.2, 0.25) is 0 Å². The SMILES string of the molecule is c1ccc(-c2cc(-n3c4ccccc4c4ccccc43)cc(-n3c4ccccc4c4cc(-n5c6ccccc6c6ccccc65)ccc43)c2)cc1. The molecule has 51 heavy (non-hydrogen) atoms. The summed E-state index contributed by atoms with van der Waals surface area (Å²) in [6, 6.07) is 68.5. The third kappa shape index (κ3) is 4.12. The van der Waals surface area contributed by atoms with Crippen molar-refractivity contribution in [3.05, 3.63) is 188 Å². The van der Waals surface area contributed by atoms with Crippen LogP contribution in [-0.2, 0) is 0 Å². The number of nitrogens with zero attached hydrogens (tertiary/aromatic N) is 3. The molecule has 0 spiro atoms. The first-order chi connectivity index (χ1) is 25.3. The molecule has 0 atom stereocenters. The molecule has 0 saturated heterocycles. The Labute approximate surface area is 294 Å². The quantitative estimate of drug-likeness (QED) is 0.180. The number of para-hydroxylation sites is 5. The molecule has 0 saturated carbocycles. The molecular formula is C48H31N3. The highest BCUT2D eigenvalue weighted by Gasteiger charge is 2.19. The molecule has 0 aliphatic heterocycles. The second-order valence-corrected chi connectivity index (χ2v) is 13.4. The Morgan fingerprint density at radius 1 is 0.216 bits per heavy atom. The van der Waals surface area contributed by atoms with Gasteiger partial charge in [0.15, 0.2) is 0 Å². The Morgan fingerprint density at radius 2 is 0.569 bits per heavy atom. The molecule has 0 aliphatic rings. The van der Waals surface area contributed by atoms with Gasteiger partial charge in [-0.1, -0.05) is 121 Å². The largest absolute Gasteiger partial charge is 0.309 e. The van der Waals surface area contributed by atoms with Crippen LogP contribution in [0.25, 0.3) is 93.6 Å². The van der Waals surface area contributed by atoms with Crippen molar-refractivity contribution in [2.24, 2.45) is 0 Å². The van der Waals surface area contributed by atoms with Gasteiger partial charge in [-0.05, 0) is 77.9 Å². The smallest absolute Gasteiger partial charge is 0.0542 e. The van der Waals surface area contributed by atoms with Gasteiger partial charge in [-0.15, -0.1) is 0 Å². The van der Waals surface area contributed by atoms with Crippen LogP contribution in [0.5, 0.6) is 0 Å². The molecule has 0 N–H and O–H groups in total. The van der Waals surface area contributed by atoms with Crippen molar-refractivity contribution in [3.63, 3.8) is 0 Å². The molecule has 3 heteroatoms. The van der Waals surface area contributed by atoms with Crippen LogP contribution >= 0.6 is 0 Å². The highest BCUT2D eigenvalue weighted by molar-refractivity contribution is 6.13. The van der Waals surface area contributed by atoms with Crippen molar-refractivity contribution in [1.82, 2.24) is 13.7 Å². The van der Waals surface area contributed by atoms with Crippen LogP contribution in [0.15, 0.2) is 188 Å². The Morgan fingerprint density at radius 3 is 1.02 bits per heavy atom. The summed E-state index contributed by atoms with van der Waals surface area (Å²) in [4.78, 5) is 0. The highest BCUT2D eigenvalue weighted by atomic mass is 15.0. The number of benzene rings is 8. The minimum Gasteiger partial charge on any atom is -0.309 e. The highest BCUT2D eigenvalue weighted by Crippen LogP contribution is 2.39. The van der Waals surface area contributed by atoms with Gasteiger partial charge in [0.05, 0.1) is 33.1 Å². The lowest BCUT2D eigenvalue weighted by Crippen LogP contribution is -2.00.